The first-order valence-electron chi connectivity index (χ1n) is 6.11. The summed E-state index contributed by atoms with van der Waals surface area (Å²) in [6.07, 6.45) is 1.84. The average Bonchev–Trinajstić information content (AvgIpc) is 2.83. The number of piperidine rings is 1. The Morgan fingerprint density at radius 3 is 2.89 bits per heavy atom. The molecule has 2 N–H and O–H groups in total. The first-order valence-corrected chi connectivity index (χ1v) is 6.99. The number of hydrogen-bond acceptors (Lipinski definition) is 5. The van der Waals surface area contributed by atoms with Gasteiger partial charge in [0.2, 0.25) is 0 Å². The van der Waals surface area contributed by atoms with Gasteiger partial charge < -0.3 is 15.4 Å². The molecular weight excluding hydrogens is 250 g/mol. The van der Waals surface area contributed by atoms with Crippen LogP contribution < -0.4 is 10.6 Å². The normalized spacial score (nSPS) is 18.6. The maximum atomic E-state index is 12.0. The van der Waals surface area contributed by atoms with Gasteiger partial charge in [-0.1, -0.05) is 0 Å². The van der Waals surface area contributed by atoms with E-state index in [0.717, 1.165) is 31.6 Å². The monoisotopic (exact) mass is 269 g/mol. The molecule has 1 amide bonds. The first-order chi connectivity index (χ1) is 8.67. The Morgan fingerprint density at radius 1 is 1.61 bits per heavy atom. The van der Waals surface area contributed by atoms with E-state index in [1.54, 1.807) is 12.6 Å². The van der Waals surface area contributed by atoms with E-state index < -0.39 is 0 Å². The average molecular weight is 269 g/mol. The fraction of sp³-hybridized carbons (Fsp3) is 0.667. The van der Waals surface area contributed by atoms with Crippen LogP contribution >= 0.6 is 11.3 Å². The Bertz CT molecular complexity index is 413. The molecule has 0 bridgehead atoms. The summed E-state index contributed by atoms with van der Waals surface area (Å²) in [5.74, 6) is -0.0510. The van der Waals surface area contributed by atoms with Gasteiger partial charge in [0.1, 0.15) is 4.88 Å². The van der Waals surface area contributed by atoms with Crippen LogP contribution in [0, 0.1) is 6.92 Å². The SMILES string of the molecule is COC1(CNC(=O)c2scnc2C)CCNCC1. The van der Waals surface area contributed by atoms with E-state index in [2.05, 4.69) is 15.6 Å². The van der Waals surface area contributed by atoms with Crippen LogP contribution in [-0.4, -0.2) is 43.2 Å². The molecule has 0 saturated carbocycles. The Balaban J connectivity index is 1.94. The van der Waals surface area contributed by atoms with E-state index in [4.69, 9.17) is 4.74 Å². The number of hydrogen-bond donors (Lipinski definition) is 2. The van der Waals surface area contributed by atoms with Crippen molar-refractivity contribution in [1.29, 1.82) is 0 Å². The van der Waals surface area contributed by atoms with E-state index >= 15 is 0 Å². The van der Waals surface area contributed by atoms with Crippen molar-refractivity contribution in [3.05, 3.63) is 16.1 Å². The number of thiazole rings is 1. The smallest absolute Gasteiger partial charge is 0.263 e. The van der Waals surface area contributed by atoms with E-state index in [-0.39, 0.29) is 11.5 Å². The second-order valence-corrected chi connectivity index (χ2v) is 5.44. The van der Waals surface area contributed by atoms with Crippen molar-refractivity contribution < 1.29 is 9.53 Å². The molecule has 1 aromatic heterocycles. The predicted octanol–water partition coefficient (Wildman–Crippen LogP) is 0.950. The highest BCUT2D eigenvalue weighted by atomic mass is 32.1. The summed E-state index contributed by atoms with van der Waals surface area (Å²) in [5.41, 5.74) is 2.26. The zero-order chi connectivity index (χ0) is 13.0. The van der Waals surface area contributed by atoms with Gasteiger partial charge >= 0.3 is 0 Å². The number of aromatic nitrogens is 1. The van der Waals surface area contributed by atoms with Crippen molar-refractivity contribution >= 4 is 17.2 Å². The largest absolute Gasteiger partial charge is 0.376 e. The summed E-state index contributed by atoms with van der Waals surface area (Å²) in [7, 11) is 1.72. The van der Waals surface area contributed by atoms with Crippen LogP contribution in [0.2, 0.25) is 0 Å². The zero-order valence-corrected chi connectivity index (χ0v) is 11.6. The third-order valence-corrected chi connectivity index (χ3v) is 4.40. The van der Waals surface area contributed by atoms with Crippen LogP contribution in [-0.2, 0) is 4.74 Å². The fourth-order valence-electron chi connectivity index (χ4n) is 2.18. The predicted molar refractivity (Wildman–Crippen MR) is 71.0 cm³/mol. The minimum Gasteiger partial charge on any atom is -0.376 e. The standard InChI is InChI=1S/C12H19N3O2S/c1-9-10(18-8-15-9)11(16)14-7-12(17-2)3-5-13-6-4-12/h8,13H,3-7H2,1-2H3,(H,14,16). The van der Waals surface area contributed by atoms with E-state index in [1.165, 1.54) is 11.3 Å². The number of aryl methyl sites for hydroxylation is 1. The summed E-state index contributed by atoms with van der Waals surface area (Å²) in [6.45, 7) is 4.27. The van der Waals surface area contributed by atoms with Crippen LogP contribution in [0.4, 0.5) is 0 Å². The zero-order valence-electron chi connectivity index (χ0n) is 10.8. The molecule has 6 heteroatoms. The van der Waals surface area contributed by atoms with Crippen LogP contribution in [0.25, 0.3) is 0 Å². The Labute approximate surface area is 111 Å². The quantitative estimate of drug-likeness (QED) is 0.854. The van der Waals surface area contributed by atoms with Crippen molar-refractivity contribution in [3.8, 4) is 0 Å². The summed E-state index contributed by atoms with van der Waals surface area (Å²) in [4.78, 5) is 16.8. The van der Waals surface area contributed by atoms with E-state index in [9.17, 15) is 4.79 Å². The Morgan fingerprint density at radius 2 is 2.33 bits per heavy atom. The molecular formula is C12H19N3O2S. The summed E-state index contributed by atoms with van der Waals surface area (Å²) in [6, 6.07) is 0. The summed E-state index contributed by atoms with van der Waals surface area (Å²) >= 11 is 1.37. The second-order valence-electron chi connectivity index (χ2n) is 4.59. The topological polar surface area (TPSA) is 63.2 Å². The lowest BCUT2D eigenvalue weighted by molar-refractivity contribution is -0.0312. The number of ether oxygens (including phenoxy) is 1. The Hall–Kier alpha value is -0.980. The molecule has 0 aromatic carbocycles. The highest BCUT2D eigenvalue weighted by molar-refractivity contribution is 7.11. The number of rotatable bonds is 4. The number of nitrogens with zero attached hydrogens (tertiary/aromatic N) is 1. The molecule has 18 heavy (non-hydrogen) atoms. The number of amides is 1. The number of carbonyl (C=O) groups is 1. The maximum Gasteiger partial charge on any atom is 0.263 e. The van der Waals surface area contributed by atoms with Gasteiger partial charge in [0.25, 0.3) is 5.91 Å². The molecule has 0 unspecified atom stereocenters. The lowest BCUT2D eigenvalue weighted by atomic mass is 9.92. The van der Waals surface area contributed by atoms with Gasteiger partial charge in [-0.3, -0.25) is 4.79 Å². The van der Waals surface area contributed by atoms with Gasteiger partial charge in [-0.25, -0.2) is 4.98 Å². The highest BCUT2D eigenvalue weighted by Gasteiger charge is 2.32. The fourth-order valence-corrected chi connectivity index (χ4v) is 2.90. The van der Waals surface area contributed by atoms with Gasteiger partial charge in [0.05, 0.1) is 16.8 Å². The lowest BCUT2D eigenvalue weighted by Crippen LogP contribution is -2.50. The van der Waals surface area contributed by atoms with Crippen molar-refractivity contribution in [2.45, 2.75) is 25.4 Å². The number of methoxy groups -OCH3 is 1. The number of nitrogens with one attached hydrogen (secondary N) is 2. The molecule has 0 aliphatic carbocycles. The lowest BCUT2D eigenvalue weighted by Gasteiger charge is -2.36. The molecule has 1 aromatic rings. The first kappa shape index (κ1) is 13.5. The van der Waals surface area contributed by atoms with Crippen LogP contribution in [0.5, 0.6) is 0 Å². The molecule has 5 nitrogen and oxygen atoms in total. The summed E-state index contributed by atoms with van der Waals surface area (Å²) in [5, 5.41) is 6.26. The van der Waals surface area contributed by atoms with E-state index in [0.29, 0.717) is 11.4 Å². The van der Waals surface area contributed by atoms with Crippen molar-refractivity contribution in [3.63, 3.8) is 0 Å². The molecule has 0 atom stereocenters. The minimum atomic E-state index is -0.223. The molecule has 2 rings (SSSR count). The van der Waals surface area contributed by atoms with E-state index in [1.807, 2.05) is 6.92 Å². The van der Waals surface area contributed by atoms with Gasteiger partial charge in [0.15, 0.2) is 0 Å². The highest BCUT2D eigenvalue weighted by Crippen LogP contribution is 2.21. The second kappa shape index (κ2) is 5.77. The van der Waals surface area contributed by atoms with Gasteiger partial charge in [0, 0.05) is 13.7 Å². The Kier molecular flexibility index (Phi) is 4.31. The van der Waals surface area contributed by atoms with Crippen LogP contribution in [0.15, 0.2) is 5.51 Å². The molecule has 1 aliphatic rings. The van der Waals surface area contributed by atoms with Crippen molar-refractivity contribution in [2.75, 3.05) is 26.7 Å². The third-order valence-electron chi connectivity index (χ3n) is 3.47. The third kappa shape index (κ3) is 2.88. The minimum absolute atomic E-state index is 0.0510. The maximum absolute atomic E-state index is 12.0. The molecule has 0 radical (unpaired) electrons. The van der Waals surface area contributed by atoms with Gasteiger partial charge in [-0.05, 0) is 32.9 Å². The van der Waals surface area contributed by atoms with Crippen LogP contribution in [0.1, 0.15) is 28.2 Å². The molecule has 100 valence electrons. The number of carbonyl (C=O) groups excluding carboxylic acids is 1. The summed E-state index contributed by atoms with van der Waals surface area (Å²) < 4.78 is 5.61. The van der Waals surface area contributed by atoms with Crippen molar-refractivity contribution in [1.82, 2.24) is 15.6 Å². The molecule has 0 spiro atoms. The van der Waals surface area contributed by atoms with Crippen LogP contribution in [0.3, 0.4) is 0 Å². The molecule has 1 fully saturated rings. The molecule has 1 saturated heterocycles. The van der Waals surface area contributed by atoms with Crippen molar-refractivity contribution in [2.24, 2.45) is 0 Å². The molecule has 1 aliphatic heterocycles. The van der Waals surface area contributed by atoms with Gasteiger partial charge in [-0.2, -0.15) is 0 Å². The molecule has 2 heterocycles. The van der Waals surface area contributed by atoms with Gasteiger partial charge in [-0.15, -0.1) is 11.3 Å².